The standard InChI is InChI=1S/C23H20N2O4.Fe/c26-21-7-3-1-5-17(21)14-24-19-11-9-16(10-12-23(28)29)13-20(19)25-15-18-6-2-4-8-22(18)27;/h1-9,11,13-15,26-27H,10,12H2,(H,28,29);. The molecule has 0 fully saturated rings. The first kappa shape index (κ1) is 22.9. The van der Waals surface area contributed by atoms with Gasteiger partial charge >= 0.3 is 5.97 Å². The Bertz CT molecular complexity index is 1080. The van der Waals surface area contributed by atoms with Gasteiger partial charge in [-0.2, -0.15) is 0 Å². The monoisotopic (exact) mass is 444 g/mol. The molecule has 6 nitrogen and oxygen atoms in total. The zero-order valence-corrected chi connectivity index (χ0v) is 17.0. The first-order valence-electron chi connectivity index (χ1n) is 9.02. The fraction of sp³-hybridized carbons (Fsp3) is 0.0870. The molecule has 0 aliphatic carbocycles. The van der Waals surface area contributed by atoms with Crippen LogP contribution in [0.4, 0.5) is 11.4 Å². The third kappa shape index (κ3) is 6.30. The summed E-state index contributed by atoms with van der Waals surface area (Å²) in [5.74, 6) is -0.642. The maximum atomic E-state index is 10.9. The van der Waals surface area contributed by atoms with E-state index < -0.39 is 5.97 Å². The number of aliphatic carboxylic acids is 1. The second kappa shape index (κ2) is 11.0. The van der Waals surface area contributed by atoms with Crippen LogP contribution in [0.3, 0.4) is 0 Å². The maximum absolute atomic E-state index is 10.9. The van der Waals surface area contributed by atoms with E-state index in [4.69, 9.17) is 5.11 Å². The SMILES string of the molecule is O=C(O)CCc1ccc(N=Cc2ccccc2O)c(N=Cc2ccccc2O)c1.[Fe]. The topological polar surface area (TPSA) is 102 Å². The van der Waals surface area contributed by atoms with Crippen molar-refractivity contribution in [1.29, 1.82) is 0 Å². The Labute approximate surface area is 184 Å². The van der Waals surface area contributed by atoms with E-state index in [9.17, 15) is 15.0 Å². The minimum absolute atomic E-state index is 0. The van der Waals surface area contributed by atoms with Crippen LogP contribution in [0, 0.1) is 0 Å². The molecule has 0 atom stereocenters. The molecule has 0 heterocycles. The van der Waals surface area contributed by atoms with Crippen LogP contribution in [0.5, 0.6) is 11.5 Å². The van der Waals surface area contributed by atoms with Crippen LogP contribution < -0.4 is 0 Å². The number of aromatic hydroxyl groups is 2. The van der Waals surface area contributed by atoms with Crippen molar-refractivity contribution < 1.29 is 37.2 Å². The molecule has 3 rings (SSSR count). The van der Waals surface area contributed by atoms with Crippen molar-refractivity contribution in [2.24, 2.45) is 9.98 Å². The number of carbonyl (C=O) groups is 1. The first-order chi connectivity index (χ1) is 14.0. The predicted molar refractivity (Wildman–Crippen MR) is 113 cm³/mol. The zero-order chi connectivity index (χ0) is 20.6. The Balaban J connectivity index is 0.00000320. The van der Waals surface area contributed by atoms with E-state index in [1.54, 1.807) is 72.9 Å². The molecule has 154 valence electrons. The van der Waals surface area contributed by atoms with Gasteiger partial charge < -0.3 is 15.3 Å². The molecule has 0 radical (unpaired) electrons. The number of benzene rings is 3. The van der Waals surface area contributed by atoms with E-state index in [1.807, 2.05) is 0 Å². The number of phenolic OH excluding ortho intramolecular Hbond substituents is 2. The van der Waals surface area contributed by atoms with Gasteiger partial charge in [0.05, 0.1) is 11.4 Å². The minimum Gasteiger partial charge on any atom is -0.507 e. The van der Waals surface area contributed by atoms with Gasteiger partial charge in [-0.15, -0.1) is 0 Å². The second-order valence-corrected chi connectivity index (χ2v) is 6.35. The predicted octanol–water partition coefficient (Wildman–Crippen LogP) is 4.61. The largest absolute Gasteiger partial charge is 0.507 e. The Morgan fingerprint density at radius 1 is 0.800 bits per heavy atom. The van der Waals surface area contributed by atoms with Crippen molar-refractivity contribution in [1.82, 2.24) is 0 Å². The van der Waals surface area contributed by atoms with Crippen molar-refractivity contribution in [3.8, 4) is 11.5 Å². The molecule has 0 aliphatic rings. The van der Waals surface area contributed by atoms with Gasteiger partial charge in [0.25, 0.3) is 0 Å². The summed E-state index contributed by atoms with van der Waals surface area (Å²) in [5.41, 5.74) is 3.03. The number of nitrogens with zero attached hydrogens (tertiary/aromatic N) is 2. The van der Waals surface area contributed by atoms with Gasteiger partial charge in [-0.3, -0.25) is 14.8 Å². The molecule has 0 aromatic heterocycles. The number of rotatable bonds is 7. The summed E-state index contributed by atoms with van der Waals surface area (Å²) in [4.78, 5) is 19.7. The number of aryl methyl sites for hydroxylation is 1. The molecule has 3 aromatic carbocycles. The van der Waals surface area contributed by atoms with E-state index in [-0.39, 0.29) is 35.0 Å². The molecule has 0 spiro atoms. The number of carboxylic acid groups (broad SMARTS) is 1. The molecule has 0 saturated carbocycles. The smallest absolute Gasteiger partial charge is 0.303 e. The molecular weight excluding hydrogens is 424 g/mol. The van der Waals surface area contributed by atoms with Crippen LogP contribution in [0.25, 0.3) is 0 Å². The maximum Gasteiger partial charge on any atom is 0.303 e. The normalized spacial score (nSPS) is 10.9. The third-order valence-corrected chi connectivity index (χ3v) is 4.23. The summed E-state index contributed by atoms with van der Waals surface area (Å²) in [5, 5.41) is 28.7. The summed E-state index contributed by atoms with van der Waals surface area (Å²) >= 11 is 0. The summed E-state index contributed by atoms with van der Waals surface area (Å²) in [6, 6.07) is 19.0. The van der Waals surface area contributed by atoms with Gasteiger partial charge in [-0.05, 0) is 48.4 Å². The van der Waals surface area contributed by atoms with Crippen LogP contribution >= 0.6 is 0 Å². The van der Waals surface area contributed by atoms with Crippen LogP contribution in [0.1, 0.15) is 23.1 Å². The van der Waals surface area contributed by atoms with Crippen LogP contribution in [-0.2, 0) is 28.3 Å². The van der Waals surface area contributed by atoms with E-state index in [0.717, 1.165) is 5.56 Å². The average Bonchev–Trinajstić information content (AvgIpc) is 2.71. The third-order valence-electron chi connectivity index (χ3n) is 4.23. The number of phenols is 2. The number of hydrogen-bond acceptors (Lipinski definition) is 5. The summed E-state index contributed by atoms with van der Waals surface area (Å²) in [6.07, 6.45) is 3.46. The molecule has 7 heteroatoms. The Morgan fingerprint density at radius 3 is 1.87 bits per heavy atom. The Hall–Kier alpha value is -3.41. The van der Waals surface area contributed by atoms with E-state index in [2.05, 4.69) is 9.98 Å². The van der Waals surface area contributed by atoms with E-state index in [1.165, 1.54) is 6.21 Å². The van der Waals surface area contributed by atoms with Gasteiger partial charge in [0.15, 0.2) is 0 Å². The Morgan fingerprint density at radius 2 is 1.33 bits per heavy atom. The molecule has 3 aromatic rings. The zero-order valence-electron chi connectivity index (χ0n) is 15.9. The second-order valence-electron chi connectivity index (χ2n) is 6.35. The molecule has 30 heavy (non-hydrogen) atoms. The van der Waals surface area contributed by atoms with Crippen molar-refractivity contribution in [2.45, 2.75) is 12.8 Å². The quantitative estimate of drug-likeness (QED) is 0.366. The number of carboxylic acids is 1. The molecule has 0 amide bonds. The summed E-state index contributed by atoms with van der Waals surface area (Å²) in [7, 11) is 0. The van der Waals surface area contributed by atoms with E-state index >= 15 is 0 Å². The van der Waals surface area contributed by atoms with Gasteiger partial charge in [-0.25, -0.2) is 0 Å². The number of aliphatic imine (C=N–C) groups is 2. The van der Waals surface area contributed by atoms with Crippen LogP contribution in [-0.4, -0.2) is 33.7 Å². The molecule has 0 saturated heterocycles. The van der Waals surface area contributed by atoms with Crippen LogP contribution in [0.15, 0.2) is 76.7 Å². The van der Waals surface area contributed by atoms with Gasteiger partial charge in [0.2, 0.25) is 0 Å². The Kier molecular flexibility index (Phi) is 8.35. The van der Waals surface area contributed by atoms with E-state index in [0.29, 0.717) is 28.9 Å². The van der Waals surface area contributed by atoms with Crippen molar-refractivity contribution in [3.63, 3.8) is 0 Å². The molecule has 3 N–H and O–H groups in total. The fourth-order valence-corrected chi connectivity index (χ4v) is 2.66. The summed E-state index contributed by atoms with van der Waals surface area (Å²) < 4.78 is 0. The molecular formula is C23H20FeN2O4. The molecule has 0 bridgehead atoms. The number of hydrogen-bond donors (Lipinski definition) is 3. The van der Waals surface area contributed by atoms with Gasteiger partial charge in [0.1, 0.15) is 11.5 Å². The van der Waals surface area contributed by atoms with Gasteiger partial charge in [-0.1, -0.05) is 30.3 Å². The van der Waals surface area contributed by atoms with Crippen molar-refractivity contribution >= 4 is 29.8 Å². The minimum atomic E-state index is -0.870. The fourth-order valence-electron chi connectivity index (χ4n) is 2.66. The van der Waals surface area contributed by atoms with Crippen LogP contribution in [0.2, 0.25) is 0 Å². The average molecular weight is 444 g/mol. The summed E-state index contributed by atoms with van der Waals surface area (Å²) in [6.45, 7) is 0. The molecule has 0 unspecified atom stereocenters. The van der Waals surface area contributed by atoms with Gasteiger partial charge in [0, 0.05) is 47.0 Å². The van der Waals surface area contributed by atoms with Crippen molar-refractivity contribution in [2.75, 3.05) is 0 Å². The number of para-hydroxylation sites is 2. The first-order valence-corrected chi connectivity index (χ1v) is 9.02. The molecule has 0 aliphatic heterocycles. The van der Waals surface area contributed by atoms with Crippen molar-refractivity contribution in [3.05, 3.63) is 83.4 Å².